The zero-order chi connectivity index (χ0) is 22.1. The Bertz CT molecular complexity index is 695. The summed E-state index contributed by atoms with van der Waals surface area (Å²) in [7, 11) is 0. The molecule has 1 unspecified atom stereocenters. The second-order valence-corrected chi connectivity index (χ2v) is 8.57. The van der Waals surface area contributed by atoms with Crippen LogP contribution in [-0.2, 0) is 27.2 Å². The molecule has 3 rings (SSSR count). The van der Waals surface area contributed by atoms with Crippen molar-refractivity contribution >= 4 is 0 Å². The van der Waals surface area contributed by atoms with E-state index in [-0.39, 0.29) is 6.29 Å². The molecule has 1 aliphatic heterocycles. The van der Waals surface area contributed by atoms with Crippen LogP contribution < -0.4 is 4.74 Å². The van der Waals surface area contributed by atoms with Gasteiger partial charge in [-0.05, 0) is 61.8 Å². The lowest BCUT2D eigenvalue weighted by atomic mass is 10.0. The quantitative estimate of drug-likeness (QED) is 0.272. The van der Waals surface area contributed by atoms with Crippen LogP contribution in [0.3, 0.4) is 0 Å². The minimum Gasteiger partial charge on any atom is -0.489 e. The van der Waals surface area contributed by atoms with E-state index in [0.717, 1.165) is 44.6 Å². The van der Waals surface area contributed by atoms with Crippen LogP contribution >= 0.6 is 0 Å². The molecule has 1 fully saturated rings. The van der Waals surface area contributed by atoms with Gasteiger partial charge in [0.1, 0.15) is 12.4 Å². The van der Waals surface area contributed by atoms with E-state index < -0.39 is 0 Å². The average molecular weight is 441 g/mol. The maximum atomic E-state index is 5.86. The summed E-state index contributed by atoms with van der Waals surface area (Å²) in [5.41, 5.74) is 2.59. The summed E-state index contributed by atoms with van der Waals surface area (Å²) < 4.78 is 22.8. The number of hydrogen-bond donors (Lipinski definition) is 0. The van der Waals surface area contributed by atoms with Crippen molar-refractivity contribution in [3.63, 3.8) is 0 Å². The van der Waals surface area contributed by atoms with E-state index in [1.807, 2.05) is 18.2 Å². The Morgan fingerprint density at radius 1 is 0.719 bits per heavy atom. The lowest BCUT2D eigenvalue weighted by Gasteiger charge is -2.22. The normalized spacial score (nSPS) is 16.2. The molecule has 0 saturated carbocycles. The predicted molar refractivity (Wildman–Crippen MR) is 129 cm³/mol. The number of hydrogen-bond acceptors (Lipinski definition) is 4. The largest absolute Gasteiger partial charge is 0.489 e. The van der Waals surface area contributed by atoms with Crippen molar-refractivity contribution in [3.05, 3.63) is 65.7 Å². The Morgan fingerprint density at radius 2 is 1.50 bits per heavy atom. The summed E-state index contributed by atoms with van der Waals surface area (Å²) in [5.74, 6) is 0.939. The van der Waals surface area contributed by atoms with Crippen LogP contribution in [0.4, 0.5) is 0 Å². The first-order valence-corrected chi connectivity index (χ1v) is 12.5. The minimum atomic E-state index is -0.00161. The molecular weight excluding hydrogens is 400 g/mol. The molecule has 0 aromatic heterocycles. The summed E-state index contributed by atoms with van der Waals surface area (Å²) in [5, 5.41) is 0. The molecule has 4 heteroatoms. The molecule has 4 nitrogen and oxygen atoms in total. The first-order chi connectivity index (χ1) is 15.9. The lowest BCUT2D eigenvalue weighted by molar-refractivity contribution is -0.169. The molecule has 0 radical (unpaired) electrons. The third-order valence-corrected chi connectivity index (χ3v) is 5.85. The van der Waals surface area contributed by atoms with Crippen molar-refractivity contribution in [2.45, 2.75) is 77.1 Å². The number of ether oxygens (including phenoxy) is 4. The predicted octanol–water partition coefficient (Wildman–Crippen LogP) is 6.71. The van der Waals surface area contributed by atoms with E-state index in [2.05, 4.69) is 36.4 Å². The highest BCUT2D eigenvalue weighted by molar-refractivity contribution is 5.27. The highest BCUT2D eigenvalue weighted by atomic mass is 16.7. The first-order valence-electron chi connectivity index (χ1n) is 12.5. The van der Waals surface area contributed by atoms with Crippen LogP contribution in [-0.4, -0.2) is 32.7 Å². The summed E-state index contributed by atoms with van der Waals surface area (Å²) in [4.78, 5) is 0. The third-order valence-electron chi connectivity index (χ3n) is 5.85. The molecule has 1 heterocycles. The molecular formula is C28H40O4. The van der Waals surface area contributed by atoms with Gasteiger partial charge in [-0.25, -0.2) is 0 Å². The Balaban J connectivity index is 1.10. The van der Waals surface area contributed by atoms with Crippen molar-refractivity contribution in [3.8, 4) is 5.75 Å². The summed E-state index contributed by atoms with van der Waals surface area (Å²) in [6.45, 7) is 3.62. The number of benzene rings is 2. The van der Waals surface area contributed by atoms with Crippen molar-refractivity contribution < 1.29 is 18.9 Å². The van der Waals surface area contributed by atoms with E-state index >= 15 is 0 Å². The summed E-state index contributed by atoms with van der Waals surface area (Å²) >= 11 is 0. The van der Waals surface area contributed by atoms with Crippen molar-refractivity contribution in [1.29, 1.82) is 0 Å². The van der Waals surface area contributed by atoms with Gasteiger partial charge in [-0.1, -0.05) is 68.1 Å². The molecule has 1 aliphatic rings. The van der Waals surface area contributed by atoms with E-state index in [9.17, 15) is 0 Å². The Morgan fingerprint density at radius 3 is 2.28 bits per heavy atom. The molecule has 0 spiro atoms. The molecule has 0 N–H and O–H groups in total. The van der Waals surface area contributed by atoms with Crippen molar-refractivity contribution in [2.24, 2.45) is 0 Å². The van der Waals surface area contributed by atoms with E-state index in [0.29, 0.717) is 19.8 Å². The minimum absolute atomic E-state index is 0.00161. The lowest BCUT2D eigenvalue weighted by Crippen LogP contribution is -2.24. The van der Waals surface area contributed by atoms with Crippen LogP contribution in [0.1, 0.15) is 68.9 Å². The summed E-state index contributed by atoms with van der Waals surface area (Å²) in [6.07, 6.45) is 12.1. The summed E-state index contributed by atoms with van der Waals surface area (Å²) in [6, 6.07) is 18.9. The molecule has 176 valence electrons. The Hall–Kier alpha value is -1.88. The second kappa shape index (κ2) is 15.8. The van der Waals surface area contributed by atoms with Gasteiger partial charge in [0.25, 0.3) is 0 Å². The fourth-order valence-electron chi connectivity index (χ4n) is 3.92. The standard InChI is InChI=1S/C28H40O4/c1(2-4-10-20-29-22-23-31-28-15-9-11-21-30-28)3-6-12-25-16-18-27(19-17-25)32-24-26-13-7-5-8-14-26/h5,7-8,13-14,16-19,28H,1-4,6,9-12,15,20-24H2. The molecule has 0 amide bonds. The van der Waals surface area contributed by atoms with Crippen LogP contribution in [0.5, 0.6) is 5.75 Å². The Labute approximate surface area is 194 Å². The zero-order valence-electron chi connectivity index (χ0n) is 19.5. The number of rotatable bonds is 16. The third kappa shape index (κ3) is 10.6. The SMILES string of the molecule is c1ccc(COc2ccc(CCCCCCCCOCCOC3CCCCO3)cc2)cc1. The molecule has 1 atom stereocenters. The van der Waals surface area contributed by atoms with Crippen molar-refractivity contribution in [1.82, 2.24) is 0 Å². The van der Waals surface area contributed by atoms with Crippen LogP contribution in [0.15, 0.2) is 54.6 Å². The van der Waals surface area contributed by atoms with Crippen LogP contribution in [0.2, 0.25) is 0 Å². The van der Waals surface area contributed by atoms with Gasteiger partial charge in [0, 0.05) is 13.2 Å². The Kier molecular flexibility index (Phi) is 12.3. The van der Waals surface area contributed by atoms with Crippen LogP contribution in [0.25, 0.3) is 0 Å². The second-order valence-electron chi connectivity index (χ2n) is 8.57. The number of unbranched alkanes of at least 4 members (excludes halogenated alkanes) is 5. The van der Waals surface area contributed by atoms with Gasteiger partial charge in [0.15, 0.2) is 6.29 Å². The van der Waals surface area contributed by atoms with Gasteiger partial charge in [0.05, 0.1) is 13.2 Å². The van der Waals surface area contributed by atoms with Gasteiger partial charge in [-0.15, -0.1) is 0 Å². The van der Waals surface area contributed by atoms with Crippen molar-refractivity contribution in [2.75, 3.05) is 26.4 Å². The highest BCUT2D eigenvalue weighted by Crippen LogP contribution is 2.17. The van der Waals surface area contributed by atoms with E-state index in [1.165, 1.54) is 49.7 Å². The molecule has 2 aromatic carbocycles. The topological polar surface area (TPSA) is 36.9 Å². The smallest absolute Gasteiger partial charge is 0.157 e. The monoisotopic (exact) mass is 440 g/mol. The fraction of sp³-hybridized carbons (Fsp3) is 0.571. The average Bonchev–Trinajstić information content (AvgIpc) is 2.85. The number of aryl methyl sites for hydroxylation is 1. The van der Waals surface area contributed by atoms with Gasteiger partial charge < -0.3 is 18.9 Å². The first kappa shape index (κ1) is 24.8. The van der Waals surface area contributed by atoms with Gasteiger partial charge in [-0.2, -0.15) is 0 Å². The van der Waals surface area contributed by atoms with Crippen LogP contribution in [0, 0.1) is 0 Å². The molecule has 32 heavy (non-hydrogen) atoms. The molecule has 0 aliphatic carbocycles. The van der Waals surface area contributed by atoms with Gasteiger partial charge >= 0.3 is 0 Å². The molecule has 0 bridgehead atoms. The zero-order valence-corrected chi connectivity index (χ0v) is 19.5. The molecule has 2 aromatic rings. The fourth-order valence-corrected chi connectivity index (χ4v) is 3.92. The maximum absolute atomic E-state index is 5.86. The molecule has 1 saturated heterocycles. The highest BCUT2D eigenvalue weighted by Gasteiger charge is 2.13. The van der Waals surface area contributed by atoms with Gasteiger partial charge in [-0.3, -0.25) is 0 Å². The van der Waals surface area contributed by atoms with E-state index in [1.54, 1.807) is 0 Å². The maximum Gasteiger partial charge on any atom is 0.157 e. The van der Waals surface area contributed by atoms with Gasteiger partial charge in [0.2, 0.25) is 0 Å². The van der Waals surface area contributed by atoms with E-state index in [4.69, 9.17) is 18.9 Å².